The molecule has 4 fully saturated rings. The lowest BCUT2D eigenvalue weighted by molar-refractivity contribution is -0.234. The predicted molar refractivity (Wildman–Crippen MR) is 125 cm³/mol. The SMILES string of the molecule is CC(C)OC(=O)CC[C@@H](C)[C@H]1CC[C@H]2[C@@H]3[C@H](O)C[C@@H]4C[C@H](O)C[C@@H](O)[C@]4(C)[C@H]3C[C@H](O)[C@]12C. The number of aliphatic hydroxyl groups excluding tert-OH is 4. The number of rotatable bonds is 5. The Balaban J connectivity index is 1.55. The van der Waals surface area contributed by atoms with Gasteiger partial charge in [-0.3, -0.25) is 4.79 Å². The van der Waals surface area contributed by atoms with E-state index in [-0.39, 0.29) is 52.5 Å². The third kappa shape index (κ3) is 4.07. The van der Waals surface area contributed by atoms with Crippen LogP contribution in [-0.2, 0) is 9.53 Å². The van der Waals surface area contributed by atoms with Gasteiger partial charge in [0.1, 0.15) is 0 Å². The van der Waals surface area contributed by atoms with Crippen LogP contribution in [0.5, 0.6) is 0 Å². The Morgan fingerprint density at radius 2 is 1.58 bits per heavy atom. The lowest BCUT2D eigenvalue weighted by Gasteiger charge is -2.64. The second kappa shape index (κ2) is 9.07. The maximum absolute atomic E-state index is 12.1. The van der Waals surface area contributed by atoms with Gasteiger partial charge in [0.25, 0.3) is 0 Å². The zero-order valence-electron chi connectivity index (χ0n) is 21.1. The molecular weight excluding hydrogens is 420 g/mol. The molecule has 0 aromatic carbocycles. The molecule has 0 bridgehead atoms. The van der Waals surface area contributed by atoms with Crippen molar-refractivity contribution in [3.63, 3.8) is 0 Å². The van der Waals surface area contributed by atoms with Crippen LogP contribution in [0.4, 0.5) is 0 Å². The minimum Gasteiger partial charge on any atom is -0.463 e. The maximum Gasteiger partial charge on any atom is 0.306 e. The number of carbonyl (C=O) groups is 1. The molecule has 0 unspecified atom stereocenters. The van der Waals surface area contributed by atoms with E-state index in [1.165, 1.54) is 0 Å². The molecule has 4 aliphatic rings. The highest BCUT2D eigenvalue weighted by Gasteiger charge is 2.67. The van der Waals surface area contributed by atoms with Crippen molar-refractivity contribution < 1.29 is 30.0 Å². The van der Waals surface area contributed by atoms with E-state index in [1.54, 1.807) is 0 Å². The fourth-order valence-corrected chi connectivity index (χ4v) is 9.07. The molecule has 4 aliphatic carbocycles. The summed E-state index contributed by atoms with van der Waals surface area (Å²) in [5.41, 5.74) is -0.679. The first-order chi connectivity index (χ1) is 15.4. The van der Waals surface area contributed by atoms with Crippen molar-refractivity contribution in [3.05, 3.63) is 0 Å². The van der Waals surface area contributed by atoms with Crippen molar-refractivity contribution in [3.8, 4) is 0 Å². The number of carbonyl (C=O) groups excluding carboxylic acids is 1. The second-order valence-electron chi connectivity index (χ2n) is 12.7. The van der Waals surface area contributed by atoms with Crippen LogP contribution in [0.1, 0.15) is 86.0 Å². The summed E-state index contributed by atoms with van der Waals surface area (Å²) in [6.07, 6.45) is 3.15. The topological polar surface area (TPSA) is 107 Å². The van der Waals surface area contributed by atoms with Crippen LogP contribution in [0.25, 0.3) is 0 Å². The first-order valence-electron chi connectivity index (χ1n) is 13.3. The molecule has 4 rings (SSSR count). The van der Waals surface area contributed by atoms with Gasteiger partial charge in [0.15, 0.2) is 0 Å². The first kappa shape index (κ1) is 25.4. The molecule has 33 heavy (non-hydrogen) atoms. The van der Waals surface area contributed by atoms with Gasteiger partial charge in [0.2, 0.25) is 0 Å². The van der Waals surface area contributed by atoms with E-state index < -0.39 is 24.4 Å². The summed E-state index contributed by atoms with van der Waals surface area (Å²) >= 11 is 0. The van der Waals surface area contributed by atoms with E-state index in [0.29, 0.717) is 38.0 Å². The van der Waals surface area contributed by atoms with Gasteiger partial charge >= 0.3 is 5.97 Å². The van der Waals surface area contributed by atoms with Gasteiger partial charge in [0, 0.05) is 6.42 Å². The predicted octanol–water partition coefficient (Wildman–Crippen LogP) is 3.29. The molecule has 0 radical (unpaired) electrons. The van der Waals surface area contributed by atoms with Crippen LogP contribution >= 0.6 is 0 Å². The monoisotopic (exact) mass is 466 g/mol. The van der Waals surface area contributed by atoms with Gasteiger partial charge in [-0.25, -0.2) is 0 Å². The van der Waals surface area contributed by atoms with E-state index in [2.05, 4.69) is 20.8 Å². The van der Waals surface area contributed by atoms with Gasteiger partial charge in [-0.2, -0.15) is 0 Å². The Bertz CT molecular complexity index is 725. The van der Waals surface area contributed by atoms with E-state index in [1.807, 2.05) is 13.8 Å². The Hall–Kier alpha value is -0.690. The van der Waals surface area contributed by atoms with Crippen molar-refractivity contribution in [2.45, 2.75) is 117 Å². The summed E-state index contributed by atoms with van der Waals surface area (Å²) < 4.78 is 5.32. The lowest BCUT2D eigenvalue weighted by Crippen LogP contribution is -2.65. The van der Waals surface area contributed by atoms with Crippen molar-refractivity contribution in [2.75, 3.05) is 0 Å². The standard InChI is InChI=1S/C27H46O6/c1-14(2)33-24(32)9-6-15(3)18-7-8-19-25-20(13-23(31)27(18,19)5)26(4)16(11-21(25)29)10-17(28)12-22(26)30/h14-23,25,28-31H,6-13H2,1-5H3/t15-,16+,17+,18-,19+,20+,21-,22-,23+,25+,26+,27-/m1/s1. The average molecular weight is 467 g/mol. The largest absolute Gasteiger partial charge is 0.463 e. The molecule has 0 aromatic heterocycles. The Morgan fingerprint density at radius 3 is 2.24 bits per heavy atom. The third-order valence-corrected chi connectivity index (χ3v) is 10.8. The van der Waals surface area contributed by atoms with Gasteiger partial charge in [-0.1, -0.05) is 20.8 Å². The van der Waals surface area contributed by atoms with Gasteiger partial charge in [-0.15, -0.1) is 0 Å². The molecule has 0 aliphatic heterocycles. The molecular formula is C27H46O6. The number of fused-ring (bicyclic) bond motifs is 5. The molecule has 0 amide bonds. The van der Waals surface area contributed by atoms with Crippen LogP contribution in [0.2, 0.25) is 0 Å². The highest BCUT2D eigenvalue weighted by molar-refractivity contribution is 5.69. The van der Waals surface area contributed by atoms with Crippen LogP contribution in [0, 0.1) is 46.3 Å². The summed E-state index contributed by atoms with van der Waals surface area (Å²) in [5, 5.41) is 44.4. The zero-order valence-corrected chi connectivity index (χ0v) is 21.1. The van der Waals surface area contributed by atoms with Crippen LogP contribution in [-0.4, -0.2) is 56.9 Å². The van der Waals surface area contributed by atoms with Gasteiger partial charge in [0.05, 0.1) is 30.5 Å². The molecule has 12 atom stereocenters. The van der Waals surface area contributed by atoms with E-state index in [9.17, 15) is 25.2 Å². The first-order valence-corrected chi connectivity index (χ1v) is 13.3. The lowest BCUT2D eigenvalue weighted by atomic mass is 9.42. The third-order valence-electron chi connectivity index (χ3n) is 10.8. The highest BCUT2D eigenvalue weighted by Crippen LogP contribution is 2.68. The summed E-state index contributed by atoms with van der Waals surface area (Å²) in [6, 6.07) is 0. The zero-order chi connectivity index (χ0) is 24.3. The number of esters is 1. The molecule has 0 saturated heterocycles. The van der Waals surface area contributed by atoms with Crippen molar-refractivity contribution in [1.82, 2.24) is 0 Å². The molecule has 0 heterocycles. The molecule has 0 aromatic rings. The van der Waals surface area contributed by atoms with Crippen molar-refractivity contribution >= 4 is 5.97 Å². The fourth-order valence-electron chi connectivity index (χ4n) is 9.07. The quantitative estimate of drug-likeness (QED) is 0.463. The maximum atomic E-state index is 12.1. The fraction of sp³-hybridized carbons (Fsp3) is 0.963. The van der Waals surface area contributed by atoms with E-state index in [0.717, 1.165) is 19.3 Å². The smallest absolute Gasteiger partial charge is 0.306 e. The molecule has 6 nitrogen and oxygen atoms in total. The molecule has 4 saturated carbocycles. The Kier molecular flexibility index (Phi) is 6.98. The number of aliphatic hydroxyl groups is 4. The number of hydrogen-bond donors (Lipinski definition) is 4. The molecule has 4 N–H and O–H groups in total. The molecule has 190 valence electrons. The van der Waals surface area contributed by atoms with Crippen LogP contribution in [0.15, 0.2) is 0 Å². The average Bonchev–Trinajstić information content (AvgIpc) is 3.07. The number of ether oxygens (including phenoxy) is 1. The van der Waals surface area contributed by atoms with Crippen molar-refractivity contribution in [1.29, 1.82) is 0 Å². The molecule has 6 heteroatoms. The van der Waals surface area contributed by atoms with E-state index >= 15 is 0 Å². The van der Waals surface area contributed by atoms with Gasteiger partial charge in [-0.05, 0) is 105 Å². The molecule has 0 spiro atoms. The van der Waals surface area contributed by atoms with Crippen LogP contribution < -0.4 is 0 Å². The van der Waals surface area contributed by atoms with Crippen LogP contribution in [0.3, 0.4) is 0 Å². The summed E-state index contributed by atoms with van der Waals surface area (Å²) in [5.74, 6) is 0.812. The minimum absolute atomic E-state index is 0.0527. The minimum atomic E-state index is -0.606. The normalized spacial score (nSPS) is 50.3. The highest BCUT2D eigenvalue weighted by atomic mass is 16.5. The summed E-state index contributed by atoms with van der Waals surface area (Å²) in [4.78, 5) is 12.1. The van der Waals surface area contributed by atoms with Gasteiger partial charge < -0.3 is 25.2 Å². The second-order valence-corrected chi connectivity index (χ2v) is 12.7. The van der Waals surface area contributed by atoms with E-state index in [4.69, 9.17) is 4.74 Å². The van der Waals surface area contributed by atoms with Crippen molar-refractivity contribution in [2.24, 2.45) is 46.3 Å². The summed E-state index contributed by atoms with van der Waals surface area (Å²) in [6.45, 7) is 10.3. The summed E-state index contributed by atoms with van der Waals surface area (Å²) in [7, 11) is 0. The number of hydrogen-bond acceptors (Lipinski definition) is 6. The Morgan fingerprint density at radius 1 is 0.909 bits per heavy atom. The Labute approximate surface area is 199 Å².